The second-order valence-electron chi connectivity index (χ2n) is 27.5. The summed E-state index contributed by atoms with van der Waals surface area (Å²) in [5.74, 6) is 0. The Morgan fingerprint density at radius 2 is 0.819 bits per heavy atom. The molecule has 3 heterocycles. The van der Waals surface area contributed by atoms with Gasteiger partial charge in [-0.15, -0.1) is 0 Å². The first kappa shape index (κ1) is 52.3. The van der Waals surface area contributed by atoms with Crippen molar-refractivity contribution >= 4 is 118 Å². The van der Waals surface area contributed by atoms with Gasteiger partial charge in [0.2, 0.25) is 0 Å². The number of anilines is 9. The lowest BCUT2D eigenvalue weighted by molar-refractivity contribution is 0.573. The molecular formula is C78H72BN3O. The van der Waals surface area contributed by atoms with E-state index in [0.717, 1.165) is 78.6 Å². The van der Waals surface area contributed by atoms with Crippen molar-refractivity contribution in [3.63, 3.8) is 0 Å². The van der Waals surface area contributed by atoms with E-state index in [1.165, 1.54) is 65.9 Å². The minimum atomic E-state index is -0.113. The summed E-state index contributed by atoms with van der Waals surface area (Å²) in [6.07, 6.45) is 0. The fourth-order valence-corrected chi connectivity index (χ4v) is 13.3. The summed E-state index contributed by atoms with van der Waals surface area (Å²) in [4.78, 5) is 7.68. The van der Waals surface area contributed by atoms with Crippen LogP contribution in [0.3, 0.4) is 0 Å². The summed E-state index contributed by atoms with van der Waals surface area (Å²) in [6, 6.07) is 82.8. The van der Waals surface area contributed by atoms with Gasteiger partial charge in [-0.3, -0.25) is 0 Å². The van der Waals surface area contributed by atoms with Gasteiger partial charge in [0.25, 0.3) is 6.71 Å². The number of hydrogen-bond acceptors (Lipinski definition) is 4. The van der Waals surface area contributed by atoms with Crippen molar-refractivity contribution < 1.29 is 4.42 Å². The molecule has 0 fully saturated rings. The predicted molar refractivity (Wildman–Crippen MR) is 358 cm³/mol. The van der Waals surface area contributed by atoms with Crippen molar-refractivity contribution in [2.24, 2.45) is 0 Å². The summed E-state index contributed by atoms with van der Waals surface area (Å²) in [6.45, 7) is 27.7. The zero-order valence-corrected chi connectivity index (χ0v) is 50.1. The van der Waals surface area contributed by atoms with Crippen LogP contribution in [0.2, 0.25) is 0 Å². The van der Waals surface area contributed by atoms with Crippen LogP contribution in [0.15, 0.2) is 223 Å². The third kappa shape index (κ3) is 8.73. The first-order valence-electron chi connectivity index (χ1n) is 29.7. The number of hydrogen-bond donors (Lipinski definition) is 0. The van der Waals surface area contributed by atoms with Crippen LogP contribution in [0, 0.1) is 0 Å². The Kier molecular flexibility index (Phi) is 11.9. The highest BCUT2D eigenvalue weighted by molar-refractivity contribution is 7.00. The quantitative estimate of drug-likeness (QED) is 0.155. The third-order valence-corrected chi connectivity index (χ3v) is 17.8. The average Bonchev–Trinajstić information content (AvgIpc) is 1.37. The molecule has 0 amide bonds. The van der Waals surface area contributed by atoms with E-state index in [9.17, 15) is 0 Å². The Bertz CT molecular complexity index is 4500. The van der Waals surface area contributed by atoms with Gasteiger partial charge in [-0.1, -0.05) is 235 Å². The van der Waals surface area contributed by atoms with E-state index in [2.05, 4.69) is 316 Å². The van der Waals surface area contributed by atoms with Gasteiger partial charge in [-0.05, 0) is 143 Å². The van der Waals surface area contributed by atoms with Crippen molar-refractivity contribution in [3.05, 3.63) is 241 Å². The molecule has 0 saturated carbocycles. The zero-order chi connectivity index (χ0) is 57.5. The lowest BCUT2D eigenvalue weighted by Gasteiger charge is -2.46. The highest BCUT2D eigenvalue weighted by Crippen LogP contribution is 2.52. The Hall–Kier alpha value is -8.80. The predicted octanol–water partition coefficient (Wildman–Crippen LogP) is 20.3. The van der Waals surface area contributed by atoms with Crippen LogP contribution in [0.25, 0.3) is 54.6 Å². The number of para-hydroxylation sites is 3. The largest absolute Gasteiger partial charge is 0.455 e. The van der Waals surface area contributed by atoms with Crippen molar-refractivity contribution in [2.75, 3.05) is 14.7 Å². The number of nitrogens with zero attached hydrogens (tertiary/aromatic N) is 3. The monoisotopic (exact) mass is 1080 g/mol. The Morgan fingerprint density at radius 3 is 1.39 bits per heavy atom. The first-order chi connectivity index (χ1) is 39.7. The SMILES string of the molecule is CC(C)(C)c1ccc(N2c3ccc(C(C)(C)C)cc3B3c4cc(C(C)(C)C)ccc4N(c4ccccc4-c4cccc5c4oc4c(C(C)(C)C)cccc45)c4cc(N(c5ccc6ccccc6c5)c5ccc6ccccc6c5)cc2c43)cc1. The minimum Gasteiger partial charge on any atom is -0.455 e. The Morgan fingerprint density at radius 1 is 0.337 bits per heavy atom. The molecule has 14 rings (SSSR count). The van der Waals surface area contributed by atoms with Gasteiger partial charge in [-0.2, -0.15) is 0 Å². The summed E-state index contributed by atoms with van der Waals surface area (Å²) < 4.78 is 7.24. The maximum atomic E-state index is 7.24. The van der Waals surface area contributed by atoms with Crippen LogP contribution in [0.5, 0.6) is 0 Å². The highest BCUT2D eigenvalue weighted by Gasteiger charge is 2.45. The molecule has 4 nitrogen and oxygen atoms in total. The highest BCUT2D eigenvalue weighted by atomic mass is 16.3. The lowest BCUT2D eigenvalue weighted by Crippen LogP contribution is -2.61. The van der Waals surface area contributed by atoms with Crippen LogP contribution < -0.4 is 31.1 Å². The Labute approximate surface area is 490 Å². The fraction of sp³-hybridized carbons (Fsp3) is 0.205. The van der Waals surface area contributed by atoms with Crippen LogP contribution in [0.4, 0.5) is 51.2 Å². The Balaban J connectivity index is 1.12. The maximum Gasteiger partial charge on any atom is 0.252 e. The standard InChI is InChI=1S/C78H72BN3O/c1-75(2,3)53-33-39-56(40-34-53)81-68-41-35-54(76(4,5)6)45-65(68)79-66-46-55(77(7,8)9)36-42-69(66)82(67-30-18-17-25-60(67)61-26-19-27-62-63-28-20-29-64(78(10,11)12)74(63)83-73(61)62)71-48-59(47-70(81)72(71)79)80(57-37-31-49-21-13-15-23-51(49)43-57)58-38-32-50-22-14-16-24-52(50)44-58/h13-48H,1-12H3. The molecule has 0 saturated heterocycles. The average molecular weight is 1080 g/mol. The molecule has 0 atom stereocenters. The molecule has 0 radical (unpaired) electrons. The molecule has 83 heavy (non-hydrogen) atoms. The van der Waals surface area contributed by atoms with E-state index >= 15 is 0 Å². The van der Waals surface area contributed by atoms with Gasteiger partial charge >= 0.3 is 0 Å². The molecule has 0 unspecified atom stereocenters. The summed E-state index contributed by atoms with van der Waals surface area (Å²) in [5, 5.41) is 7.04. The van der Waals surface area contributed by atoms with Gasteiger partial charge in [0.1, 0.15) is 11.2 Å². The molecule has 2 aliphatic heterocycles. The van der Waals surface area contributed by atoms with Crippen LogP contribution in [-0.4, -0.2) is 6.71 Å². The summed E-state index contributed by atoms with van der Waals surface area (Å²) >= 11 is 0. The first-order valence-corrected chi connectivity index (χ1v) is 29.7. The molecule has 0 N–H and O–H groups in total. The molecule has 1 aromatic heterocycles. The lowest BCUT2D eigenvalue weighted by atomic mass is 9.33. The second-order valence-corrected chi connectivity index (χ2v) is 27.5. The smallest absolute Gasteiger partial charge is 0.252 e. The van der Waals surface area contributed by atoms with E-state index in [1.54, 1.807) is 0 Å². The number of rotatable bonds is 6. The van der Waals surface area contributed by atoms with Gasteiger partial charge in [0.05, 0.1) is 11.4 Å². The number of fused-ring (bicyclic) bond motifs is 9. The fourth-order valence-electron chi connectivity index (χ4n) is 13.3. The van der Waals surface area contributed by atoms with Crippen LogP contribution in [0.1, 0.15) is 105 Å². The topological polar surface area (TPSA) is 22.9 Å². The molecule has 408 valence electrons. The van der Waals surface area contributed by atoms with Gasteiger partial charge in [-0.25, -0.2) is 0 Å². The maximum absolute atomic E-state index is 7.24. The number of furan rings is 1. The molecule has 2 aliphatic rings. The van der Waals surface area contributed by atoms with E-state index in [-0.39, 0.29) is 28.4 Å². The van der Waals surface area contributed by atoms with Crippen LogP contribution >= 0.6 is 0 Å². The molecule has 5 heteroatoms. The summed E-state index contributed by atoms with van der Waals surface area (Å²) in [5.41, 5.74) is 22.7. The molecule has 11 aromatic carbocycles. The normalized spacial score (nSPS) is 13.5. The minimum absolute atomic E-state index is 0.0196. The molecular weight excluding hydrogens is 1010 g/mol. The van der Waals surface area contributed by atoms with Crippen molar-refractivity contribution in [1.82, 2.24) is 0 Å². The van der Waals surface area contributed by atoms with Gasteiger partial charge in [0, 0.05) is 67.3 Å². The van der Waals surface area contributed by atoms with E-state index < -0.39 is 0 Å². The molecule has 0 bridgehead atoms. The molecule has 0 spiro atoms. The van der Waals surface area contributed by atoms with E-state index in [0.29, 0.717) is 0 Å². The van der Waals surface area contributed by atoms with Crippen LogP contribution in [-0.2, 0) is 21.7 Å². The van der Waals surface area contributed by atoms with E-state index in [1.807, 2.05) is 0 Å². The zero-order valence-electron chi connectivity index (χ0n) is 50.1. The summed E-state index contributed by atoms with van der Waals surface area (Å²) in [7, 11) is 0. The van der Waals surface area contributed by atoms with Crippen molar-refractivity contribution in [2.45, 2.75) is 105 Å². The van der Waals surface area contributed by atoms with Gasteiger partial charge < -0.3 is 19.1 Å². The molecule has 12 aromatic rings. The van der Waals surface area contributed by atoms with E-state index in [4.69, 9.17) is 4.42 Å². The number of benzene rings is 11. The third-order valence-electron chi connectivity index (χ3n) is 17.8. The molecule has 0 aliphatic carbocycles. The van der Waals surface area contributed by atoms with Crippen molar-refractivity contribution in [3.8, 4) is 11.1 Å². The van der Waals surface area contributed by atoms with Crippen molar-refractivity contribution in [1.29, 1.82) is 0 Å². The second kappa shape index (κ2) is 18.9. The van der Waals surface area contributed by atoms with Gasteiger partial charge in [0.15, 0.2) is 0 Å².